The average molecular weight is 380 g/mol. The molecule has 3 rings (SSSR count). The number of piperidine rings is 1. The molecule has 3 heterocycles. The molecule has 0 aromatic carbocycles. The summed E-state index contributed by atoms with van der Waals surface area (Å²) in [5, 5.41) is 11.7. The number of carbonyl (C=O) groups is 2. The van der Waals surface area contributed by atoms with Gasteiger partial charge in [-0.3, -0.25) is 18.8 Å². The Labute approximate surface area is 161 Å². The van der Waals surface area contributed by atoms with Gasteiger partial charge in [-0.15, -0.1) is 0 Å². The second-order valence-electron chi connectivity index (χ2n) is 6.50. The number of hydrogen-bond acceptors (Lipinski definition) is 6. The molecule has 0 unspecified atom stereocenters. The Bertz CT molecular complexity index is 1060. The lowest BCUT2D eigenvalue weighted by molar-refractivity contribution is -0.122. The fourth-order valence-electron chi connectivity index (χ4n) is 3.26. The maximum atomic E-state index is 13.1. The number of fused-ring (bicyclic) bond motifs is 1. The van der Waals surface area contributed by atoms with Crippen LogP contribution < -0.4 is 21.5 Å². The number of nitrogens with two attached hydrogens (primary N) is 1. The topological polar surface area (TPSA) is 134 Å². The summed E-state index contributed by atoms with van der Waals surface area (Å²) in [7, 11) is 1.41. The number of primary amides is 1. The fourth-order valence-corrected chi connectivity index (χ4v) is 3.26. The molecule has 144 valence electrons. The number of hydrogen-bond donors (Lipinski definition) is 2. The molecular formula is C19H20N6O3. The van der Waals surface area contributed by atoms with Crippen molar-refractivity contribution in [3.8, 4) is 6.07 Å². The monoisotopic (exact) mass is 380 g/mol. The number of likely N-dealkylation sites (N-methyl/N-ethyl adjacent to an activating group) is 1. The van der Waals surface area contributed by atoms with Crippen molar-refractivity contribution in [1.82, 2.24) is 14.7 Å². The van der Waals surface area contributed by atoms with Crippen molar-refractivity contribution in [2.45, 2.75) is 12.8 Å². The number of rotatable bonds is 4. The van der Waals surface area contributed by atoms with E-state index in [1.54, 1.807) is 24.4 Å². The Balaban J connectivity index is 2.14. The van der Waals surface area contributed by atoms with Crippen LogP contribution in [0.3, 0.4) is 0 Å². The van der Waals surface area contributed by atoms with E-state index in [4.69, 9.17) is 5.73 Å². The molecule has 1 aliphatic heterocycles. The number of nitrogens with one attached hydrogen (secondary N) is 1. The highest BCUT2D eigenvalue weighted by atomic mass is 16.2. The highest BCUT2D eigenvalue weighted by Crippen LogP contribution is 2.25. The van der Waals surface area contributed by atoms with Crippen LogP contribution >= 0.6 is 0 Å². The van der Waals surface area contributed by atoms with Gasteiger partial charge in [-0.05, 0) is 31.1 Å². The quantitative estimate of drug-likeness (QED) is 0.569. The third-order valence-electron chi connectivity index (χ3n) is 4.83. The van der Waals surface area contributed by atoms with E-state index in [9.17, 15) is 19.6 Å². The van der Waals surface area contributed by atoms with Gasteiger partial charge in [0.2, 0.25) is 5.91 Å². The summed E-state index contributed by atoms with van der Waals surface area (Å²) < 4.78 is 1.37. The molecule has 2 aromatic rings. The molecule has 1 fully saturated rings. The van der Waals surface area contributed by atoms with Crippen LogP contribution in [0.4, 0.5) is 5.82 Å². The van der Waals surface area contributed by atoms with Gasteiger partial charge in [0.05, 0.1) is 5.56 Å². The minimum absolute atomic E-state index is 0.154. The number of aromatic nitrogens is 2. The molecule has 2 amide bonds. The van der Waals surface area contributed by atoms with Crippen LogP contribution in [0.2, 0.25) is 0 Å². The summed E-state index contributed by atoms with van der Waals surface area (Å²) in [4.78, 5) is 42.9. The first kappa shape index (κ1) is 19.1. The fraction of sp³-hybridized carbons (Fsp3) is 0.316. The van der Waals surface area contributed by atoms with Crippen LogP contribution in [0.25, 0.3) is 11.7 Å². The maximum Gasteiger partial charge on any atom is 0.267 e. The molecule has 0 bridgehead atoms. The summed E-state index contributed by atoms with van der Waals surface area (Å²) in [6.07, 6.45) is 3.95. The minimum Gasteiger partial charge on any atom is -0.369 e. The smallest absolute Gasteiger partial charge is 0.267 e. The van der Waals surface area contributed by atoms with E-state index in [2.05, 4.69) is 10.3 Å². The lowest BCUT2D eigenvalue weighted by atomic mass is 9.96. The van der Waals surface area contributed by atoms with Crippen LogP contribution in [-0.4, -0.2) is 41.3 Å². The summed E-state index contributed by atoms with van der Waals surface area (Å²) in [6, 6.07) is 7.00. The highest BCUT2D eigenvalue weighted by molar-refractivity contribution is 6.02. The Kier molecular flexibility index (Phi) is 5.40. The second-order valence-corrected chi connectivity index (χ2v) is 6.50. The van der Waals surface area contributed by atoms with Crippen LogP contribution in [0.1, 0.15) is 18.4 Å². The van der Waals surface area contributed by atoms with Gasteiger partial charge in [0.1, 0.15) is 23.1 Å². The van der Waals surface area contributed by atoms with Gasteiger partial charge in [-0.2, -0.15) is 5.26 Å². The standard InChI is InChI=1S/C19H20N6O3/c1-22-18(27)13(11-20)10-14-17(24-8-5-12(6-9-24)16(21)26)23-15-4-2-3-7-25(15)19(14)28/h2-4,7,10,12H,5-6,8-9H2,1H3,(H2,21,26)(H,22,27)/b13-10+. The predicted octanol–water partition coefficient (Wildman–Crippen LogP) is 0.0492. The van der Waals surface area contributed by atoms with E-state index < -0.39 is 5.91 Å². The van der Waals surface area contributed by atoms with Gasteiger partial charge in [0, 0.05) is 32.3 Å². The van der Waals surface area contributed by atoms with E-state index >= 15 is 0 Å². The van der Waals surface area contributed by atoms with Crippen LogP contribution in [0.5, 0.6) is 0 Å². The van der Waals surface area contributed by atoms with Gasteiger partial charge in [0.15, 0.2) is 0 Å². The lowest BCUT2D eigenvalue weighted by Gasteiger charge is -2.32. The molecule has 9 heteroatoms. The normalized spacial score (nSPS) is 15.3. The van der Waals surface area contributed by atoms with Crippen LogP contribution in [0, 0.1) is 17.2 Å². The molecule has 0 spiro atoms. The molecule has 0 radical (unpaired) electrons. The average Bonchev–Trinajstić information content (AvgIpc) is 2.72. The first-order valence-corrected chi connectivity index (χ1v) is 8.85. The molecule has 9 nitrogen and oxygen atoms in total. The van der Waals surface area contributed by atoms with Gasteiger partial charge >= 0.3 is 0 Å². The predicted molar refractivity (Wildman–Crippen MR) is 103 cm³/mol. The van der Waals surface area contributed by atoms with Crippen molar-refractivity contribution >= 4 is 29.4 Å². The molecule has 0 atom stereocenters. The van der Waals surface area contributed by atoms with E-state index in [0.29, 0.717) is 37.4 Å². The Morgan fingerprint density at radius 1 is 1.36 bits per heavy atom. The Hall–Kier alpha value is -3.67. The number of pyridine rings is 1. The van der Waals surface area contributed by atoms with Crippen molar-refractivity contribution < 1.29 is 9.59 Å². The van der Waals surface area contributed by atoms with Gasteiger partial charge < -0.3 is 16.0 Å². The number of nitriles is 1. The minimum atomic E-state index is -0.585. The first-order chi connectivity index (χ1) is 13.5. The molecule has 1 saturated heterocycles. The number of nitrogens with zero attached hydrogens (tertiary/aromatic N) is 4. The zero-order chi connectivity index (χ0) is 20.3. The van der Waals surface area contributed by atoms with Crippen LogP contribution in [0.15, 0.2) is 34.8 Å². The van der Waals surface area contributed by atoms with Gasteiger partial charge in [-0.1, -0.05) is 6.07 Å². The summed E-state index contributed by atoms with van der Waals surface area (Å²) in [5.74, 6) is -0.746. The van der Waals surface area contributed by atoms with Gasteiger partial charge in [0.25, 0.3) is 11.5 Å². The Morgan fingerprint density at radius 2 is 2.07 bits per heavy atom. The van der Waals surface area contributed by atoms with Crippen molar-refractivity contribution in [1.29, 1.82) is 5.26 Å². The molecule has 3 N–H and O–H groups in total. The zero-order valence-electron chi connectivity index (χ0n) is 15.4. The number of carbonyl (C=O) groups excluding carboxylic acids is 2. The van der Waals surface area contributed by atoms with Gasteiger partial charge in [-0.25, -0.2) is 4.98 Å². The SMILES string of the molecule is CNC(=O)/C(C#N)=C/c1c(N2CCC(C(N)=O)CC2)nc2ccccn2c1=O. The number of anilines is 1. The molecule has 2 aromatic heterocycles. The molecule has 1 aliphatic rings. The van der Waals surface area contributed by atoms with Crippen molar-refractivity contribution in [3.05, 3.63) is 45.9 Å². The summed E-state index contributed by atoms with van der Waals surface area (Å²) in [6.45, 7) is 0.984. The molecular weight excluding hydrogens is 360 g/mol. The number of amides is 2. The third kappa shape index (κ3) is 3.57. The molecule has 0 aliphatic carbocycles. The third-order valence-corrected chi connectivity index (χ3v) is 4.83. The largest absolute Gasteiger partial charge is 0.369 e. The highest BCUT2D eigenvalue weighted by Gasteiger charge is 2.26. The molecule has 0 saturated carbocycles. The van der Waals surface area contributed by atoms with Crippen molar-refractivity contribution in [2.24, 2.45) is 11.7 Å². The molecule has 28 heavy (non-hydrogen) atoms. The van der Waals surface area contributed by atoms with E-state index in [1.165, 1.54) is 17.5 Å². The van der Waals surface area contributed by atoms with Crippen LogP contribution in [-0.2, 0) is 9.59 Å². The summed E-state index contributed by atoms with van der Waals surface area (Å²) in [5.41, 5.74) is 5.43. The second kappa shape index (κ2) is 7.92. The zero-order valence-corrected chi connectivity index (χ0v) is 15.4. The maximum absolute atomic E-state index is 13.1. The van der Waals surface area contributed by atoms with Crippen molar-refractivity contribution in [3.63, 3.8) is 0 Å². The van der Waals surface area contributed by atoms with E-state index in [0.717, 1.165) is 0 Å². The Morgan fingerprint density at radius 3 is 2.68 bits per heavy atom. The lowest BCUT2D eigenvalue weighted by Crippen LogP contribution is -2.40. The van der Waals surface area contributed by atoms with Crippen molar-refractivity contribution in [2.75, 3.05) is 25.0 Å². The summed E-state index contributed by atoms with van der Waals surface area (Å²) >= 11 is 0. The van der Waals surface area contributed by atoms with E-state index in [-0.39, 0.29) is 28.5 Å². The van der Waals surface area contributed by atoms with E-state index in [1.807, 2.05) is 11.0 Å². The first-order valence-electron chi connectivity index (χ1n) is 8.85.